The Hall–Kier alpha value is -1.17. The standard InChI is InChI=1S/C11H19N3O2S/c1-4-5-16-11-6-10(12-8-13-11)14-9(2)7-17(3)15/h6,8-9H,4-5,7H2,1-3H3,(H,12,13,14). The predicted molar refractivity (Wildman–Crippen MR) is 69.8 cm³/mol. The van der Waals surface area contributed by atoms with Gasteiger partial charge in [0, 0.05) is 34.9 Å². The second-order valence-electron chi connectivity index (χ2n) is 3.88. The monoisotopic (exact) mass is 257 g/mol. The van der Waals surface area contributed by atoms with E-state index in [4.69, 9.17) is 4.74 Å². The van der Waals surface area contributed by atoms with E-state index in [1.54, 1.807) is 12.3 Å². The highest BCUT2D eigenvalue weighted by atomic mass is 32.2. The van der Waals surface area contributed by atoms with Gasteiger partial charge in [-0.1, -0.05) is 6.92 Å². The van der Waals surface area contributed by atoms with Gasteiger partial charge in [-0.25, -0.2) is 9.97 Å². The van der Waals surface area contributed by atoms with Gasteiger partial charge in [-0.15, -0.1) is 0 Å². The van der Waals surface area contributed by atoms with Crippen molar-refractivity contribution in [3.8, 4) is 5.88 Å². The number of nitrogens with one attached hydrogen (secondary N) is 1. The van der Waals surface area contributed by atoms with E-state index < -0.39 is 10.8 Å². The lowest BCUT2D eigenvalue weighted by atomic mass is 10.4. The van der Waals surface area contributed by atoms with Crippen LogP contribution in [0.2, 0.25) is 0 Å². The van der Waals surface area contributed by atoms with E-state index in [1.807, 2.05) is 13.8 Å². The summed E-state index contributed by atoms with van der Waals surface area (Å²) < 4.78 is 16.5. The van der Waals surface area contributed by atoms with Crippen molar-refractivity contribution in [3.05, 3.63) is 12.4 Å². The third kappa shape index (κ3) is 5.63. The summed E-state index contributed by atoms with van der Waals surface area (Å²) in [7, 11) is -0.817. The molecule has 1 aromatic rings. The molecule has 0 aliphatic heterocycles. The van der Waals surface area contributed by atoms with Crippen molar-refractivity contribution in [2.75, 3.05) is 23.9 Å². The summed E-state index contributed by atoms with van der Waals surface area (Å²) in [6, 6.07) is 1.86. The molecule has 1 rings (SSSR count). The summed E-state index contributed by atoms with van der Waals surface area (Å²) in [6.45, 7) is 4.65. The summed E-state index contributed by atoms with van der Waals surface area (Å²) >= 11 is 0. The fraction of sp³-hybridized carbons (Fsp3) is 0.636. The van der Waals surface area contributed by atoms with Crippen molar-refractivity contribution in [1.82, 2.24) is 9.97 Å². The van der Waals surface area contributed by atoms with Crippen LogP contribution in [0, 0.1) is 0 Å². The van der Waals surface area contributed by atoms with Gasteiger partial charge in [-0.05, 0) is 13.3 Å². The molecule has 17 heavy (non-hydrogen) atoms. The fourth-order valence-electron chi connectivity index (χ4n) is 1.35. The number of anilines is 1. The van der Waals surface area contributed by atoms with Crippen LogP contribution >= 0.6 is 0 Å². The molecule has 0 aliphatic carbocycles. The first-order valence-electron chi connectivity index (χ1n) is 5.63. The van der Waals surface area contributed by atoms with Crippen LogP contribution in [0.25, 0.3) is 0 Å². The topological polar surface area (TPSA) is 64.1 Å². The molecular formula is C11H19N3O2S. The normalized spacial score (nSPS) is 14.1. The summed E-state index contributed by atoms with van der Waals surface area (Å²) in [6.07, 6.45) is 4.09. The number of hydrogen-bond acceptors (Lipinski definition) is 5. The zero-order valence-corrected chi connectivity index (χ0v) is 11.3. The van der Waals surface area contributed by atoms with Gasteiger partial charge in [0.1, 0.15) is 12.1 Å². The van der Waals surface area contributed by atoms with Crippen LogP contribution in [0.4, 0.5) is 5.82 Å². The predicted octanol–water partition coefficient (Wildman–Crippen LogP) is 1.44. The Morgan fingerprint density at radius 1 is 1.53 bits per heavy atom. The maximum Gasteiger partial charge on any atom is 0.218 e. The van der Waals surface area contributed by atoms with Crippen LogP contribution in [0.3, 0.4) is 0 Å². The Labute approximate surface area is 104 Å². The lowest BCUT2D eigenvalue weighted by Crippen LogP contribution is -2.22. The molecular weight excluding hydrogens is 238 g/mol. The Kier molecular flexibility index (Phi) is 5.90. The molecule has 0 aliphatic rings. The van der Waals surface area contributed by atoms with Crippen molar-refractivity contribution in [2.24, 2.45) is 0 Å². The fourth-order valence-corrected chi connectivity index (χ4v) is 2.14. The van der Waals surface area contributed by atoms with Gasteiger partial charge in [0.25, 0.3) is 0 Å². The van der Waals surface area contributed by atoms with Gasteiger partial charge < -0.3 is 10.1 Å². The second-order valence-corrected chi connectivity index (χ2v) is 5.35. The van der Waals surface area contributed by atoms with Crippen LogP contribution in [0.1, 0.15) is 20.3 Å². The quantitative estimate of drug-likeness (QED) is 0.801. The first kappa shape index (κ1) is 13.9. The van der Waals surface area contributed by atoms with Gasteiger partial charge in [0.05, 0.1) is 6.61 Å². The van der Waals surface area contributed by atoms with Gasteiger partial charge >= 0.3 is 0 Å². The Morgan fingerprint density at radius 3 is 2.94 bits per heavy atom. The summed E-state index contributed by atoms with van der Waals surface area (Å²) in [5.74, 6) is 1.85. The van der Waals surface area contributed by atoms with E-state index >= 15 is 0 Å². The molecule has 0 saturated heterocycles. The minimum atomic E-state index is -0.817. The summed E-state index contributed by atoms with van der Waals surface area (Å²) in [5.41, 5.74) is 0. The third-order valence-corrected chi connectivity index (χ3v) is 2.94. The van der Waals surface area contributed by atoms with Crippen molar-refractivity contribution < 1.29 is 8.95 Å². The van der Waals surface area contributed by atoms with Gasteiger partial charge in [-0.3, -0.25) is 4.21 Å². The first-order valence-corrected chi connectivity index (χ1v) is 7.36. The molecule has 0 bridgehead atoms. The van der Waals surface area contributed by atoms with Crippen LogP contribution in [0.5, 0.6) is 5.88 Å². The first-order chi connectivity index (χ1) is 8.11. The van der Waals surface area contributed by atoms with Crippen molar-refractivity contribution >= 4 is 16.6 Å². The molecule has 1 aromatic heterocycles. The van der Waals surface area contributed by atoms with Crippen molar-refractivity contribution in [1.29, 1.82) is 0 Å². The molecule has 6 heteroatoms. The molecule has 0 aromatic carbocycles. The molecule has 0 spiro atoms. The average molecular weight is 257 g/mol. The van der Waals surface area contributed by atoms with Gasteiger partial charge in [0.2, 0.25) is 5.88 Å². The van der Waals surface area contributed by atoms with Crippen LogP contribution in [0.15, 0.2) is 12.4 Å². The SMILES string of the molecule is CCCOc1cc(NC(C)CS(C)=O)ncn1. The highest BCUT2D eigenvalue weighted by Crippen LogP contribution is 2.12. The lowest BCUT2D eigenvalue weighted by Gasteiger charge is -2.13. The molecule has 0 amide bonds. The molecule has 5 nitrogen and oxygen atoms in total. The van der Waals surface area contributed by atoms with E-state index in [-0.39, 0.29) is 6.04 Å². The van der Waals surface area contributed by atoms with E-state index in [2.05, 4.69) is 15.3 Å². The maximum atomic E-state index is 11.1. The summed E-state index contributed by atoms with van der Waals surface area (Å²) in [4.78, 5) is 8.11. The van der Waals surface area contributed by atoms with Crippen LogP contribution in [-0.4, -0.2) is 38.8 Å². The number of hydrogen-bond donors (Lipinski definition) is 1. The van der Waals surface area contributed by atoms with Crippen LogP contribution < -0.4 is 10.1 Å². The van der Waals surface area contributed by atoms with Crippen molar-refractivity contribution in [3.63, 3.8) is 0 Å². The van der Waals surface area contributed by atoms with E-state index in [9.17, 15) is 4.21 Å². The maximum absolute atomic E-state index is 11.1. The zero-order valence-electron chi connectivity index (χ0n) is 10.5. The number of aromatic nitrogens is 2. The molecule has 0 fully saturated rings. The number of nitrogens with zero attached hydrogens (tertiary/aromatic N) is 2. The molecule has 96 valence electrons. The van der Waals surface area contributed by atoms with E-state index in [0.29, 0.717) is 24.1 Å². The minimum Gasteiger partial charge on any atom is -0.478 e. The molecule has 1 N–H and O–H groups in total. The molecule has 1 heterocycles. The van der Waals surface area contributed by atoms with Gasteiger partial charge in [0.15, 0.2) is 0 Å². The summed E-state index contributed by atoms with van der Waals surface area (Å²) in [5, 5.41) is 3.17. The number of rotatable bonds is 7. The van der Waals surface area contributed by atoms with Crippen LogP contribution in [-0.2, 0) is 10.8 Å². The van der Waals surface area contributed by atoms with E-state index in [0.717, 1.165) is 6.42 Å². The molecule has 2 atom stereocenters. The Bertz CT molecular complexity index is 373. The van der Waals surface area contributed by atoms with Crippen molar-refractivity contribution in [2.45, 2.75) is 26.3 Å². The van der Waals surface area contributed by atoms with E-state index in [1.165, 1.54) is 6.33 Å². The number of ether oxygens (including phenoxy) is 1. The van der Waals surface area contributed by atoms with Gasteiger partial charge in [-0.2, -0.15) is 0 Å². The Balaban J connectivity index is 2.55. The molecule has 0 radical (unpaired) electrons. The zero-order chi connectivity index (χ0) is 12.7. The highest BCUT2D eigenvalue weighted by molar-refractivity contribution is 7.84. The minimum absolute atomic E-state index is 0.106. The molecule has 2 unspecified atom stereocenters. The largest absolute Gasteiger partial charge is 0.478 e. The lowest BCUT2D eigenvalue weighted by molar-refractivity contribution is 0.305. The Morgan fingerprint density at radius 2 is 2.29 bits per heavy atom. The highest BCUT2D eigenvalue weighted by Gasteiger charge is 2.06. The second kappa shape index (κ2) is 7.21. The third-order valence-electron chi connectivity index (χ3n) is 1.98. The smallest absolute Gasteiger partial charge is 0.218 e. The average Bonchev–Trinajstić information content (AvgIpc) is 2.25. The molecule has 0 saturated carbocycles.